The molecule has 0 fully saturated rings. The fraction of sp³-hybridized carbons (Fsp3) is 0.273. The van der Waals surface area contributed by atoms with Crippen LogP contribution in [0.5, 0.6) is 0 Å². The standard InChI is InChI=1S/C22H24N4O6/c1-3-31-21(27)14-13-20(22(28)32-4-2)25-24-19-8-6-5-7-18(19)23-15-16-9-11-17(12-10-16)26(29)30/h5-12,15,24H,3-4,13-14H2,1-2H3/b23-15?,25-20+. The zero-order chi connectivity index (χ0) is 23.3. The summed E-state index contributed by atoms with van der Waals surface area (Å²) in [5.41, 5.74) is 4.57. The van der Waals surface area contributed by atoms with Crippen molar-refractivity contribution in [2.45, 2.75) is 26.7 Å². The summed E-state index contributed by atoms with van der Waals surface area (Å²) in [6, 6.07) is 13.0. The van der Waals surface area contributed by atoms with Gasteiger partial charge in [0.2, 0.25) is 0 Å². The summed E-state index contributed by atoms with van der Waals surface area (Å²) in [7, 11) is 0. The molecule has 0 aliphatic heterocycles. The highest BCUT2D eigenvalue weighted by atomic mass is 16.6. The second-order valence-corrected chi connectivity index (χ2v) is 6.32. The second-order valence-electron chi connectivity index (χ2n) is 6.32. The molecule has 0 unspecified atom stereocenters. The number of hydrogen-bond acceptors (Lipinski definition) is 9. The van der Waals surface area contributed by atoms with Gasteiger partial charge in [0.1, 0.15) is 5.71 Å². The van der Waals surface area contributed by atoms with Gasteiger partial charge in [-0.15, -0.1) is 0 Å². The van der Waals surface area contributed by atoms with Gasteiger partial charge in [0.05, 0.1) is 35.9 Å². The number of non-ortho nitro benzene ring substituents is 1. The van der Waals surface area contributed by atoms with Crippen molar-refractivity contribution < 1.29 is 24.0 Å². The fourth-order valence-electron chi connectivity index (χ4n) is 2.51. The van der Waals surface area contributed by atoms with Crippen molar-refractivity contribution in [1.29, 1.82) is 0 Å². The van der Waals surface area contributed by atoms with Crippen molar-refractivity contribution in [3.63, 3.8) is 0 Å². The van der Waals surface area contributed by atoms with Crippen molar-refractivity contribution in [1.82, 2.24) is 0 Å². The average molecular weight is 440 g/mol. The van der Waals surface area contributed by atoms with Gasteiger partial charge < -0.3 is 9.47 Å². The van der Waals surface area contributed by atoms with Crippen molar-refractivity contribution in [2.75, 3.05) is 18.6 Å². The molecule has 1 N–H and O–H groups in total. The quantitative estimate of drug-likeness (QED) is 0.241. The van der Waals surface area contributed by atoms with Gasteiger partial charge in [0, 0.05) is 24.8 Å². The molecule has 0 heterocycles. The van der Waals surface area contributed by atoms with E-state index in [1.54, 1.807) is 56.5 Å². The van der Waals surface area contributed by atoms with Crippen LogP contribution in [0.3, 0.4) is 0 Å². The van der Waals surface area contributed by atoms with Crippen LogP contribution in [0.2, 0.25) is 0 Å². The van der Waals surface area contributed by atoms with Gasteiger partial charge >= 0.3 is 11.9 Å². The number of nitro groups is 1. The van der Waals surface area contributed by atoms with E-state index in [1.165, 1.54) is 12.1 Å². The number of carbonyl (C=O) groups is 2. The Morgan fingerprint density at radius 2 is 1.72 bits per heavy atom. The third-order valence-corrected chi connectivity index (χ3v) is 4.05. The van der Waals surface area contributed by atoms with Crippen LogP contribution in [0.25, 0.3) is 0 Å². The first-order valence-electron chi connectivity index (χ1n) is 9.97. The summed E-state index contributed by atoms with van der Waals surface area (Å²) in [5, 5.41) is 14.9. The number of hydrazone groups is 1. The van der Waals surface area contributed by atoms with Gasteiger partial charge in [-0.25, -0.2) is 4.79 Å². The first-order valence-corrected chi connectivity index (χ1v) is 9.97. The number of aliphatic imine (C=N–C) groups is 1. The van der Waals surface area contributed by atoms with Gasteiger partial charge in [-0.3, -0.25) is 25.3 Å². The van der Waals surface area contributed by atoms with Gasteiger partial charge in [-0.05, 0) is 43.7 Å². The lowest BCUT2D eigenvalue weighted by Crippen LogP contribution is -2.20. The molecule has 0 bridgehead atoms. The molecule has 0 saturated carbocycles. The smallest absolute Gasteiger partial charge is 0.354 e. The molecule has 0 aliphatic carbocycles. The third-order valence-electron chi connectivity index (χ3n) is 4.05. The van der Waals surface area contributed by atoms with E-state index in [1.807, 2.05) is 0 Å². The van der Waals surface area contributed by atoms with E-state index in [0.29, 0.717) is 16.9 Å². The number of nitrogens with one attached hydrogen (secondary N) is 1. The molecule has 32 heavy (non-hydrogen) atoms. The van der Waals surface area contributed by atoms with Crippen LogP contribution >= 0.6 is 0 Å². The summed E-state index contributed by atoms with van der Waals surface area (Å²) in [6.45, 7) is 3.81. The second kappa shape index (κ2) is 12.6. The summed E-state index contributed by atoms with van der Waals surface area (Å²) >= 11 is 0. The maximum absolute atomic E-state index is 12.2. The third kappa shape index (κ3) is 7.63. The number of carbonyl (C=O) groups excluding carboxylic acids is 2. The minimum absolute atomic E-state index is 0.00660. The van der Waals surface area contributed by atoms with E-state index in [-0.39, 0.29) is 37.5 Å². The highest BCUT2D eigenvalue weighted by Crippen LogP contribution is 2.24. The number of hydrogen-bond donors (Lipinski definition) is 1. The number of para-hydroxylation sites is 2. The van der Waals surface area contributed by atoms with Gasteiger partial charge in [0.15, 0.2) is 0 Å². The van der Waals surface area contributed by atoms with Gasteiger partial charge in [0.25, 0.3) is 5.69 Å². The molecular formula is C22H24N4O6. The van der Waals surface area contributed by atoms with Crippen molar-refractivity contribution in [3.05, 3.63) is 64.2 Å². The number of ether oxygens (including phenoxy) is 2. The van der Waals surface area contributed by atoms with Crippen LogP contribution in [0, 0.1) is 10.1 Å². The minimum Gasteiger partial charge on any atom is -0.466 e. The molecule has 0 aliphatic rings. The molecule has 0 radical (unpaired) electrons. The number of rotatable bonds is 11. The summed E-state index contributed by atoms with van der Waals surface area (Å²) in [6.07, 6.45) is 1.60. The molecule has 10 heteroatoms. The lowest BCUT2D eigenvalue weighted by molar-refractivity contribution is -0.384. The number of esters is 2. The Morgan fingerprint density at radius 3 is 2.38 bits per heavy atom. The molecule has 10 nitrogen and oxygen atoms in total. The number of anilines is 1. The largest absolute Gasteiger partial charge is 0.466 e. The molecule has 0 spiro atoms. The first kappa shape index (κ1) is 24.2. The van der Waals surface area contributed by atoms with E-state index in [9.17, 15) is 19.7 Å². The Bertz CT molecular complexity index is 1000. The topological polar surface area (TPSA) is 132 Å². The molecule has 0 aromatic heterocycles. The SMILES string of the molecule is CCOC(=O)CC/C(=N\Nc1ccccc1N=Cc1ccc([N+](=O)[O-])cc1)C(=O)OCC. The molecular weight excluding hydrogens is 416 g/mol. The maximum atomic E-state index is 12.2. The Kier molecular flexibility index (Phi) is 9.51. The Morgan fingerprint density at radius 1 is 1.03 bits per heavy atom. The molecule has 2 aromatic carbocycles. The van der Waals surface area contributed by atoms with Crippen LogP contribution in [-0.4, -0.2) is 42.0 Å². The monoisotopic (exact) mass is 440 g/mol. The predicted molar refractivity (Wildman–Crippen MR) is 120 cm³/mol. The van der Waals surface area contributed by atoms with E-state index in [0.717, 1.165) is 0 Å². The van der Waals surface area contributed by atoms with Crippen LogP contribution in [0.4, 0.5) is 17.1 Å². The fourth-order valence-corrected chi connectivity index (χ4v) is 2.51. The molecule has 0 amide bonds. The Hall–Kier alpha value is -4.08. The number of benzene rings is 2. The summed E-state index contributed by atoms with van der Waals surface area (Å²) < 4.78 is 9.89. The normalized spacial score (nSPS) is 11.2. The van der Waals surface area contributed by atoms with Crippen molar-refractivity contribution in [2.24, 2.45) is 10.1 Å². The molecule has 168 valence electrons. The summed E-state index contributed by atoms with van der Waals surface area (Å²) in [4.78, 5) is 38.5. The lowest BCUT2D eigenvalue weighted by atomic mass is 10.2. The number of nitrogens with zero attached hydrogens (tertiary/aromatic N) is 3. The van der Waals surface area contributed by atoms with Crippen LogP contribution in [0.15, 0.2) is 58.6 Å². The van der Waals surface area contributed by atoms with Crippen LogP contribution in [-0.2, 0) is 19.1 Å². The zero-order valence-electron chi connectivity index (χ0n) is 17.8. The van der Waals surface area contributed by atoms with Gasteiger partial charge in [-0.1, -0.05) is 12.1 Å². The van der Waals surface area contributed by atoms with E-state index < -0.39 is 16.9 Å². The molecule has 2 rings (SSSR count). The average Bonchev–Trinajstić information content (AvgIpc) is 2.79. The van der Waals surface area contributed by atoms with E-state index in [4.69, 9.17) is 9.47 Å². The van der Waals surface area contributed by atoms with Crippen LogP contribution < -0.4 is 5.43 Å². The van der Waals surface area contributed by atoms with Gasteiger partial charge in [-0.2, -0.15) is 5.10 Å². The maximum Gasteiger partial charge on any atom is 0.354 e. The number of nitro benzene ring substituents is 1. The van der Waals surface area contributed by atoms with Crippen LogP contribution in [0.1, 0.15) is 32.3 Å². The highest BCUT2D eigenvalue weighted by Gasteiger charge is 2.16. The predicted octanol–water partition coefficient (Wildman–Crippen LogP) is 4.02. The molecule has 0 saturated heterocycles. The molecule has 2 aromatic rings. The lowest BCUT2D eigenvalue weighted by Gasteiger charge is -2.09. The van der Waals surface area contributed by atoms with Crippen molar-refractivity contribution in [3.8, 4) is 0 Å². The summed E-state index contributed by atoms with van der Waals surface area (Å²) in [5.74, 6) is -1.06. The Labute approximate surface area is 185 Å². The van der Waals surface area contributed by atoms with E-state index >= 15 is 0 Å². The Balaban J connectivity index is 2.17. The molecule has 0 atom stereocenters. The zero-order valence-corrected chi connectivity index (χ0v) is 17.8. The van der Waals surface area contributed by atoms with E-state index in [2.05, 4.69) is 15.5 Å². The minimum atomic E-state index is -0.629. The first-order chi connectivity index (χ1) is 15.4. The van der Waals surface area contributed by atoms with Crippen molar-refractivity contribution >= 4 is 40.9 Å². The highest BCUT2D eigenvalue weighted by molar-refractivity contribution is 6.36.